The van der Waals surface area contributed by atoms with Gasteiger partial charge in [0.05, 0.1) is 18.0 Å². The lowest BCUT2D eigenvalue weighted by Gasteiger charge is -2.24. The molecular formula is C24H30N4O4S. The van der Waals surface area contributed by atoms with E-state index in [9.17, 15) is 13.2 Å². The van der Waals surface area contributed by atoms with Crippen molar-refractivity contribution in [1.82, 2.24) is 9.62 Å². The molecule has 0 bridgehead atoms. The average molecular weight is 471 g/mol. The summed E-state index contributed by atoms with van der Waals surface area (Å²) in [6.45, 7) is 4.30. The smallest absolute Gasteiger partial charge is 0.262 e. The number of sulfonamides is 1. The molecule has 2 heterocycles. The van der Waals surface area contributed by atoms with Crippen molar-refractivity contribution in [3.05, 3.63) is 54.1 Å². The van der Waals surface area contributed by atoms with Crippen molar-refractivity contribution in [2.75, 3.05) is 31.6 Å². The number of hydrogen-bond donors (Lipinski definition) is 2. The molecule has 8 nitrogen and oxygen atoms in total. The lowest BCUT2D eigenvalue weighted by Crippen LogP contribution is -2.33. The number of benzene rings is 2. The summed E-state index contributed by atoms with van der Waals surface area (Å²) in [7, 11) is -3.73. The van der Waals surface area contributed by atoms with Gasteiger partial charge in [-0.3, -0.25) is 19.4 Å². The first kappa shape index (κ1) is 23.3. The third-order valence-electron chi connectivity index (χ3n) is 5.84. The van der Waals surface area contributed by atoms with Crippen LogP contribution >= 0.6 is 0 Å². The zero-order valence-electron chi connectivity index (χ0n) is 18.8. The number of likely N-dealkylation sites (tertiary alicyclic amines) is 1. The van der Waals surface area contributed by atoms with Crippen molar-refractivity contribution in [2.24, 2.45) is 4.99 Å². The van der Waals surface area contributed by atoms with Gasteiger partial charge in [0.15, 0.2) is 0 Å². The minimum absolute atomic E-state index is 0.100. The van der Waals surface area contributed by atoms with Crippen LogP contribution in [0, 0.1) is 0 Å². The van der Waals surface area contributed by atoms with E-state index in [1.165, 1.54) is 12.1 Å². The lowest BCUT2D eigenvalue weighted by atomic mass is 10.0. The summed E-state index contributed by atoms with van der Waals surface area (Å²) < 4.78 is 33.4. The molecule has 33 heavy (non-hydrogen) atoms. The minimum atomic E-state index is -3.73. The Bertz CT molecular complexity index is 1120. The third kappa shape index (κ3) is 5.91. The molecule has 2 aromatic carbocycles. The van der Waals surface area contributed by atoms with Crippen LogP contribution in [0.15, 0.2) is 58.4 Å². The van der Waals surface area contributed by atoms with E-state index in [0.29, 0.717) is 31.1 Å². The first-order chi connectivity index (χ1) is 15.9. The number of rotatable bonds is 8. The number of anilines is 1. The fourth-order valence-corrected chi connectivity index (χ4v) is 5.44. The van der Waals surface area contributed by atoms with E-state index in [2.05, 4.69) is 32.1 Å². The van der Waals surface area contributed by atoms with Crippen LogP contribution in [0.1, 0.15) is 44.2 Å². The maximum Gasteiger partial charge on any atom is 0.262 e. The fourth-order valence-electron chi connectivity index (χ4n) is 4.31. The number of aliphatic imine (C=N–C) groups is 1. The molecule has 1 atom stereocenters. The molecule has 4 rings (SSSR count). The van der Waals surface area contributed by atoms with E-state index in [1.54, 1.807) is 12.1 Å². The highest BCUT2D eigenvalue weighted by atomic mass is 32.2. The molecule has 0 aliphatic carbocycles. The number of nitrogens with zero attached hydrogens (tertiary/aromatic N) is 2. The summed E-state index contributed by atoms with van der Waals surface area (Å²) in [6.07, 6.45) is 3.49. The third-order valence-corrected chi connectivity index (χ3v) is 7.22. The molecule has 1 fully saturated rings. The monoisotopic (exact) mass is 470 g/mol. The van der Waals surface area contributed by atoms with Crippen LogP contribution < -0.4 is 14.8 Å². The highest BCUT2D eigenvalue weighted by molar-refractivity contribution is 7.90. The Morgan fingerprint density at radius 1 is 1.18 bits per heavy atom. The van der Waals surface area contributed by atoms with Crippen LogP contribution in [-0.2, 0) is 14.8 Å². The number of nitrogens with one attached hydrogen (secondary N) is 2. The Morgan fingerprint density at radius 2 is 2.00 bits per heavy atom. The normalized spacial score (nSPS) is 18.7. The molecule has 2 N–H and O–H groups in total. The van der Waals surface area contributed by atoms with Gasteiger partial charge >= 0.3 is 0 Å². The summed E-state index contributed by atoms with van der Waals surface area (Å²) >= 11 is 0. The second kappa shape index (κ2) is 10.4. The minimum Gasteiger partial charge on any atom is -0.494 e. The number of carbonyl (C=O) groups excluding carboxylic acids is 1. The maximum absolute atomic E-state index is 12.8. The number of hydrogen-bond acceptors (Lipinski definition) is 6. The summed E-state index contributed by atoms with van der Waals surface area (Å²) in [5.41, 5.74) is 1.62. The highest BCUT2D eigenvalue weighted by Gasteiger charge is 2.27. The second-order valence-electron chi connectivity index (χ2n) is 8.24. The van der Waals surface area contributed by atoms with Crippen LogP contribution in [0.4, 0.5) is 5.69 Å². The van der Waals surface area contributed by atoms with Gasteiger partial charge in [-0.05, 0) is 68.6 Å². The van der Waals surface area contributed by atoms with Gasteiger partial charge in [-0.1, -0.05) is 18.2 Å². The number of amides is 1. The van der Waals surface area contributed by atoms with Crippen LogP contribution in [0.25, 0.3) is 0 Å². The molecule has 1 saturated heterocycles. The van der Waals surface area contributed by atoms with Gasteiger partial charge in [-0.15, -0.1) is 0 Å². The Hall–Kier alpha value is -2.91. The molecule has 1 amide bonds. The SMILES string of the molecule is CCOc1ccc(C2CCCN2CC(=O)Nc2cccc(S(=O)(=O)NC3=NCCC3)c2)cc1. The average Bonchev–Trinajstić information content (AvgIpc) is 3.46. The van der Waals surface area contributed by atoms with Gasteiger partial charge in [-0.2, -0.15) is 0 Å². The van der Waals surface area contributed by atoms with Crippen LogP contribution in [-0.4, -0.2) is 51.3 Å². The molecule has 0 saturated carbocycles. The van der Waals surface area contributed by atoms with Gasteiger partial charge in [-0.25, -0.2) is 8.42 Å². The van der Waals surface area contributed by atoms with E-state index in [-0.39, 0.29) is 23.4 Å². The van der Waals surface area contributed by atoms with Gasteiger partial charge in [0.1, 0.15) is 11.6 Å². The van der Waals surface area contributed by atoms with E-state index < -0.39 is 10.0 Å². The first-order valence-corrected chi connectivity index (χ1v) is 12.9. The molecule has 0 aromatic heterocycles. The van der Waals surface area contributed by atoms with Gasteiger partial charge < -0.3 is 10.1 Å². The number of carbonyl (C=O) groups is 1. The molecule has 2 aliphatic rings. The molecule has 0 spiro atoms. The number of amidine groups is 1. The molecular weight excluding hydrogens is 440 g/mol. The largest absolute Gasteiger partial charge is 0.494 e. The van der Waals surface area contributed by atoms with Crippen molar-refractivity contribution < 1.29 is 17.9 Å². The number of ether oxygens (including phenoxy) is 1. The fraction of sp³-hybridized carbons (Fsp3) is 0.417. The van der Waals surface area contributed by atoms with Crippen molar-refractivity contribution in [2.45, 2.75) is 43.5 Å². The quantitative estimate of drug-likeness (QED) is 0.616. The summed E-state index contributed by atoms with van der Waals surface area (Å²) in [5, 5.41) is 2.85. The molecule has 9 heteroatoms. The topological polar surface area (TPSA) is 100 Å². The van der Waals surface area contributed by atoms with Crippen molar-refractivity contribution in [3.8, 4) is 5.75 Å². The second-order valence-corrected chi connectivity index (χ2v) is 9.93. The zero-order valence-corrected chi connectivity index (χ0v) is 19.6. The summed E-state index contributed by atoms with van der Waals surface area (Å²) in [5.74, 6) is 1.15. The standard InChI is InChI=1S/C24H30N4O4S/c1-2-32-20-12-10-18(11-13-20)22-8-5-15-28(22)17-24(29)26-19-6-3-7-21(16-19)33(30,31)27-23-9-4-14-25-23/h3,6-7,10-13,16,22H,2,4-5,8-9,14-15,17H2,1H3,(H,25,27)(H,26,29). The van der Waals surface area contributed by atoms with Gasteiger partial charge in [0.2, 0.25) is 5.91 Å². The predicted molar refractivity (Wildman–Crippen MR) is 128 cm³/mol. The Kier molecular flexibility index (Phi) is 7.29. The van der Waals surface area contributed by atoms with Crippen molar-refractivity contribution >= 4 is 27.5 Å². The first-order valence-electron chi connectivity index (χ1n) is 11.4. The Balaban J connectivity index is 1.38. The molecule has 2 aliphatic heterocycles. The van der Waals surface area contributed by atoms with Crippen LogP contribution in [0.2, 0.25) is 0 Å². The van der Waals surface area contributed by atoms with E-state index in [0.717, 1.165) is 37.1 Å². The molecule has 176 valence electrons. The van der Waals surface area contributed by atoms with Gasteiger partial charge in [0.25, 0.3) is 10.0 Å². The Morgan fingerprint density at radius 3 is 2.73 bits per heavy atom. The van der Waals surface area contributed by atoms with Crippen LogP contribution in [0.5, 0.6) is 5.75 Å². The highest BCUT2D eigenvalue weighted by Crippen LogP contribution is 2.32. The van der Waals surface area contributed by atoms with E-state index >= 15 is 0 Å². The maximum atomic E-state index is 12.8. The Labute approximate surface area is 195 Å². The van der Waals surface area contributed by atoms with Crippen LogP contribution in [0.3, 0.4) is 0 Å². The zero-order chi connectivity index (χ0) is 23.3. The molecule has 0 radical (unpaired) electrons. The lowest BCUT2D eigenvalue weighted by molar-refractivity contribution is -0.117. The van der Waals surface area contributed by atoms with Crippen molar-refractivity contribution in [3.63, 3.8) is 0 Å². The van der Waals surface area contributed by atoms with Gasteiger partial charge in [0, 0.05) is 24.7 Å². The molecule has 2 aromatic rings. The summed E-state index contributed by atoms with van der Waals surface area (Å²) in [4.78, 5) is 19.2. The van der Waals surface area contributed by atoms with Crippen molar-refractivity contribution in [1.29, 1.82) is 0 Å². The predicted octanol–water partition coefficient (Wildman–Crippen LogP) is 3.33. The summed E-state index contributed by atoms with van der Waals surface area (Å²) in [6, 6.07) is 14.5. The molecule has 1 unspecified atom stereocenters. The van der Waals surface area contributed by atoms with E-state index in [1.807, 2.05) is 19.1 Å². The van der Waals surface area contributed by atoms with E-state index in [4.69, 9.17) is 4.74 Å².